The van der Waals surface area contributed by atoms with Gasteiger partial charge in [-0.1, -0.05) is 36.4 Å². The third-order valence-electron chi connectivity index (χ3n) is 8.26. The monoisotopic (exact) mass is 726 g/mol. The zero-order chi connectivity index (χ0) is 36.1. The van der Waals surface area contributed by atoms with Crippen LogP contribution in [-0.4, -0.2) is 73.7 Å². The first-order chi connectivity index (χ1) is 23.7. The Hall–Kier alpha value is -5.10. The van der Waals surface area contributed by atoms with Gasteiger partial charge in [-0.2, -0.15) is 0 Å². The smallest absolute Gasteiger partial charge is 0.548 e. The van der Waals surface area contributed by atoms with Crippen molar-refractivity contribution in [3.8, 4) is 17.2 Å². The molecule has 0 aliphatic carbocycles. The SMILES string of the molecule is COC(=O)Oc1cccc2c(=O)n(-c3ccc(C(=O)N[C@@H](C(=O)N[C@@H]4C(=O)N5[C@@H]4SC(C)(C)[C@@H]5C(=O)[O-])c4ccccc4)c(O)c3)c(=O)oc12.[Na+]. The number of ether oxygens (including phenoxy) is 2. The molecule has 1 aromatic heterocycles. The zero-order valence-corrected chi connectivity index (χ0v) is 30.2. The maximum absolute atomic E-state index is 13.6. The van der Waals surface area contributed by atoms with Crippen molar-refractivity contribution in [2.24, 2.45) is 0 Å². The first kappa shape index (κ1) is 37.2. The van der Waals surface area contributed by atoms with Gasteiger partial charge in [0.15, 0.2) is 11.3 Å². The van der Waals surface area contributed by atoms with Crippen LogP contribution >= 0.6 is 11.8 Å². The number of aromatic hydroxyl groups is 1. The second-order valence-electron chi connectivity index (χ2n) is 11.8. The fourth-order valence-electron chi connectivity index (χ4n) is 5.93. The van der Waals surface area contributed by atoms with E-state index in [9.17, 15) is 43.8 Å². The molecule has 2 aliphatic heterocycles. The Morgan fingerprint density at radius 3 is 2.37 bits per heavy atom. The maximum atomic E-state index is 13.6. The number of phenols is 1. The number of carboxylic acids is 1. The van der Waals surface area contributed by atoms with Crippen molar-refractivity contribution in [2.75, 3.05) is 7.11 Å². The Bertz CT molecular complexity index is 2210. The van der Waals surface area contributed by atoms with Crippen LogP contribution in [0.5, 0.6) is 11.5 Å². The summed E-state index contributed by atoms with van der Waals surface area (Å²) in [6.07, 6.45) is -1.11. The summed E-state index contributed by atoms with van der Waals surface area (Å²) in [7, 11) is 1.07. The number of fused-ring (bicyclic) bond motifs is 2. The minimum Gasteiger partial charge on any atom is -0.548 e. The van der Waals surface area contributed by atoms with Crippen molar-refractivity contribution in [3.05, 3.63) is 98.8 Å². The molecule has 3 N–H and O–H groups in total. The summed E-state index contributed by atoms with van der Waals surface area (Å²) in [4.78, 5) is 90.9. The van der Waals surface area contributed by atoms with E-state index in [1.165, 1.54) is 36.0 Å². The van der Waals surface area contributed by atoms with Crippen molar-refractivity contribution >= 4 is 52.6 Å². The number of benzene rings is 3. The van der Waals surface area contributed by atoms with Gasteiger partial charge in [-0.05, 0) is 43.7 Å². The summed E-state index contributed by atoms with van der Waals surface area (Å²) in [5.41, 5.74) is -1.37. The van der Waals surface area contributed by atoms with Crippen LogP contribution in [0.3, 0.4) is 0 Å². The number of nitrogens with zero attached hydrogens (tertiary/aromatic N) is 2. The van der Waals surface area contributed by atoms with Crippen molar-refractivity contribution < 1.29 is 77.6 Å². The number of para-hydroxylation sites is 1. The quantitative estimate of drug-likeness (QED) is 0.0744. The van der Waals surface area contributed by atoms with Gasteiger partial charge in [0, 0.05) is 10.8 Å². The van der Waals surface area contributed by atoms with Gasteiger partial charge in [0.05, 0.1) is 35.8 Å². The minimum atomic E-state index is -1.41. The van der Waals surface area contributed by atoms with Crippen LogP contribution in [0, 0.1) is 0 Å². The molecule has 3 amide bonds. The minimum absolute atomic E-state index is 0. The van der Waals surface area contributed by atoms with Gasteiger partial charge in [-0.3, -0.25) is 19.2 Å². The van der Waals surface area contributed by atoms with Crippen molar-refractivity contribution in [1.29, 1.82) is 0 Å². The van der Waals surface area contributed by atoms with Gasteiger partial charge in [0.1, 0.15) is 23.2 Å². The van der Waals surface area contributed by atoms with Crippen LogP contribution in [0.1, 0.15) is 35.8 Å². The maximum Gasteiger partial charge on any atom is 1.00 e. The molecule has 4 atom stereocenters. The van der Waals surface area contributed by atoms with Crippen LogP contribution in [-0.2, 0) is 19.1 Å². The van der Waals surface area contributed by atoms with Crippen LogP contribution in [0.2, 0.25) is 0 Å². The number of amides is 3. The van der Waals surface area contributed by atoms with E-state index in [0.717, 1.165) is 24.1 Å². The second-order valence-corrected chi connectivity index (χ2v) is 13.6. The van der Waals surface area contributed by atoms with Crippen LogP contribution < -0.4 is 61.3 Å². The first-order valence-corrected chi connectivity index (χ1v) is 15.8. The van der Waals surface area contributed by atoms with Crippen LogP contribution in [0.15, 0.2) is 80.7 Å². The summed E-state index contributed by atoms with van der Waals surface area (Å²) in [5.74, 6) is -5.81. The summed E-state index contributed by atoms with van der Waals surface area (Å²) in [5, 5.41) is 27.0. The Morgan fingerprint density at radius 1 is 1.02 bits per heavy atom. The van der Waals surface area contributed by atoms with Crippen molar-refractivity contribution in [1.82, 2.24) is 20.1 Å². The molecule has 3 heterocycles. The fourth-order valence-corrected chi connectivity index (χ4v) is 7.55. The fraction of sp³-hybridized carbons (Fsp3) is 0.242. The first-order valence-electron chi connectivity index (χ1n) is 14.9. The van der Waals surface area contributed by atoms with E-state index in [0.29, 0.717) is 10.1 Å². The number of aromatic nitrogens is 1. The number of rotatable bonds is 8. The second kappa shape index (κ2) is 14.3. The van der Waals surface area contributed by atoms with E-state index in [1.54, 1.807) is 44.2 Å². The molecule has 0 bridgehead atoms. The van der Waals surface area contributed by atoms with Gasteiger partial charge in [-0.15, -0.1) is 11.8 Å². The average molecular weight is 727 g/mol. The predicted octanol–water partition coefficient (Wildman–Crippen LogP) is -2.43. The van der Waals surface area contributed by atoms with E-state index >= 15 is 0 Å². The van der Waals surface area contributed by atoms with Gasteiger partial charge in [0.2, 0.25) is 11.8 Å². The van der Waals surface area contributed by atoms with Gasteiger partial charge < -0.3 is 44.4 Å². The molecule has 2 fully saturated rings. The van der Waals surface area contributed by atoms with E-state index in [1.807, 2.05) is 0 Å². The molecular weight excluding hydrogens is 699 g/mol. The molecule has 51 heavy (non-hydrogen) atoms. The molecule has 3 aromatic carbocycles. The van der Waals surface area contributed by atoms with E-state index in [4.69, 9.17) is 9.15 Å². The molecule has 2 aliphatic rings. The Labute approximate surface area is 314 Å². The molecule has 258 valence electrons. The third kappa shape index (κ3) is 6.72. The van der Waals surface area contributed by atoms with Crippen LogP contribution in [0.4, 0.5) is 4.79 Å². The molecule has 0 saturated carbocycles. The summed E-state index contributed by atoms with van der Waals surface area (Å²) < 4.78 is 14.4. The molecule has 0 unspecified atom stereocenters. The van der Waals surface area contributed by atoms with Crippen LogP contribution in [0.25, 0.3) is 16.7 Å². The Balaban J connectivity index is 0.00000504. The molecule has 0 radical (unpaired) electrons. The number of nitrogens with one attached hydrogen (secondary N) is 2. The number of β-lactam (4-membered cyclic amide) rings is 1. The standard InChI is InChI=1S/C33H28N4O12S.Na/c1-33(2)24(30(43)44)37-28(42)22(29(37)50-33)35-26(40)21(15-8-5-4-6-9-15)34-25(39)17-13-12-16(14-19(17)38)36-27(41)18-10-7-11-20(48-32(46)47-3)23(18)49-31(36)45;/h4-14,21-22,24,29,38H,1-3H3,(H,34,39)(H,35,40)(H,43,44);/q;+1/p-1/t21-,22-,24+,29-;/m1./s1. The van der Waals surface area contributed by atoms with E-state index in [-0.39, 0.29) is 57.5 Å². The molecule has 18 heteroatoms. The van der Waals surface area contributed by atoms with Crippen molar-refractivity contribution in [2.45, 2.75) is 42.1 Å². The molecule has 4 aromatic rings. The van der Waals surface area contributed by atoms with Gasteiger partial charge in [0.25, 0.3) is 11.5 Å². The molecule has 0 spiro atoms. The summed E-state index contributed by atoms with van der Waals surface area (Å²) >= 11 is 1.21. The number of hydrogen-bond acceptors (Lipinski definition) is 13. The number of carboxylic acid groups (broad SMARTS) is 1. The molecule has 16 nitrogen and oxygen atoms in total. The zero-order valence-electron chi connectivity index (χ0n) is 27.4. The number of methoxy groups -OCH3 is 1. The van der Waals surface area contributed by atoms with Crippen molar-refractivity contribution in [3.63, 3.8) is 0 Å². The third-order valence-corrected chi connectivity index (χ3v) is 9.83. The number of hydrogen-bond donors (Lipinski definition) is 3. The van der Waals surface area contributed by atoms with Gasteiger partial charge >= 0.3 is 41.5 Å². The number of carbonyl (C=O) groups is 5. The molecule has 2 saturated heterocycles. The molecule has 6 rings (SSSR count). The summed E-state index contributed by atoms with van der Waals surface area (Å²) in [6, 6.07) is 11.7. The predicted molar refractivity (Wildman–Crippen MR) is 172 cm³/mol. The number of carbonyl (C=O) groups excluding carboxylic acids is 5. The Kier molecular flexibility index (Phi) is 10.4. The molecular formula is C33H27N4NaO12S. The Morgan fingerprint density at radius 2 is 1.73 bits per heavy atom. The number of thioether (sulfide) groups is 1. The topological polar surface area (TPSA) is 227 Å². The summed E-state index contributed by atoms with van der Waals surface area (Å²) in [6.45, 7) is 3.32. The largest absolute Gasteiger partial charge is 1.00 e. The number of phenolic OH excluding ortho intramolecular Hbond substituents is 1. The number of aliphatic carboxylic acids is 1. The van der Waals surface area contributed by atoms with E-state index < -0.39 is 75.2 Å². The average Bonchev–Trinajstić information content (AvgIpc) is 3.34. The van der Waals surface area contributed by atoms with Gasteiger partial charge in [-0.25, -0.2) is 14.2 Å². The van der Waals surface area contributed by atoms with E-state index in [2.05, 4.69) is 15.4 Å². The normalized spacial score (nSPS) is 19.2.